The standard InChI is InChI=1S/C17H12BrClN2O3/c1-24-15-7-4-12(19)8-10(15)9-14-16(22)20-21(17(14)23)13-5-2-11(18)3-6-13/h2-9H,1H3,(H,20,22)/b14-9-. The topological polar surface area (TPSA) is 58.6 Å². The fourth-order valence-corrected chi connectivity index (χ4v) is 2.75. The monoisotopic (exact) mass is 406 g/mol. The number of amides is 2. The molecule has 24 heavy (non-hydrogen) atoms. The van der Waals surface area contributed by atoms with Gasteiger partial charge in [0.2, 0.25) is 0 Å². The Hall–Kier alpha value is -2.31. The van der Waals surface area contributed by atoms with Gasteiger partial charge in [0, 0.05) is 15.1 Å². The molecule has 7 heteroatoms. The van der Waals surface area contributed by atoms with Crippen molar-refractivity contribution in [3.8, 4) is 5.75 Å². The van der Waals surface area contributed by atoms with Crippen LogP contribution in [0.15, 0.2) is 52.5 Å². The van der Waals surface area contributed by atoms with E-state index in [1.807, 2.05) is 0 Å². The summed E-state index contributed by atoms with van der Waals surface area (Å²) in [5.41, 5.74) is 3.69. The summed E-state index contributed by atoms with van der Waals surface area (Å²) in [7, 11) is 1.51. The Morgan fingerprint density at radius 3 is 2.54 bits per heavy atom. The summed E-state index contributed by atoms with van der Waals surface area (Å²) in [6.45, 7) is 0. The van der Waals surface area contributed by atoms with Gasteiger partial charge in [-0.2, -0.15) is 0 Å². The number of hydrogen-bond donors (Lipinski definition) is 1. The maximum absolute atomic E-state index is 12.6. The molecule has 2 amide bonds. The zero-order valence-electron chi connectivity index (χ0n) is 12.5. The molecule has 1 aliphatic rings. The lowest BCUT2D eigenvalue weighted by atomic mass is 10.1. The third-order valence-electron chi connectivity index (χ3n) is 3.47. The van der Waals surface area contributed by atoms with Crippen LogP contribution in [0, 0.1) is 0 Å². The predicted molar refractivity (Wildman–Crippen MR) is 95.8 cm³/mol. The number of anilines is 1. The maximum atomic E-state index is 12.6. The smallest absolute Gasteiger partial charge is 0.282 e. The number of benzene rings is 2. The van der Waals surface area contributed by atoms with Crippen LogP contribution < -0.4 is 15.2 Å². The summed E-state index contributed by atoms with van der Waals surface area (Å²) in [5, 5.41) is 1.69. The molecule has 0 unspecified atom stereocenters. The van der Waals surface area contributed by atoms with E-state index in [-0.39, 0.29) is 5.57 Å². The van der Waals surface area contributed by atoms with Gasteiger partial charge < -0.3 is 4.74 Å². The summed E-state index contributed by atoms with van der Waals surface area (Å²) >= 11 is 9.32. The van der Waals surface area contributed by atoms with E-state index in [1.54, 1.807) is 42.5 Å². The zero-order chi connectivity index (χ0) is 17.3. The number of carbonyl (C=O) groups excluding carboxylic acids is 2. The second-order valence-electron chi connectivity index (χ2n) is 5.00. The number of hydrazine groups is 1. The van der Waals surface area contributed by atoms with Crippen LogP contribution in [0.1, 0.15) is 5.56 Å². The molecule has 1 aliphatic heterocycles. The van der Waals surface area contributed by atoms with Crippen molar-refractivity contribution < 1.29 is 14.3 Å². The molecule has 1 fully saturated rings. The van der Waals surface area contributed by atoms with Crippen molar-refractivity contribution >= 4 is 51.1 Å². The molecule has 0 bridgehead atoms. The molecule has 0 spiro atoms. The van der Waals surface area contributed by atoms with Crippen LogP contribution in [-0.2, 0) is 9.59 Å². The SMILES string of the molecule is COc1ccc(Cl)cc1/C=C1/C(=O)NN(c2ccc(Br)cc2)C1=O. The molecule has 1 N–H and O–H groups in total. The largest absolute Gasteiger partial charge is 0.496 e. The highest BCUT2D eigenvalue weighted by Crippen LogP contribution is 2.28. The van der Waals surface area contributed by atoms with Gasteiger partial charge in [-0.25, -0.2) is 5.01 Å². The number of methoxy groups -OCH3 is 1. The number of nitrogens with zero attached hydrogens (tertiary/aromatic N) is 1. The highest BCUT2D eigenvalue weighted by atomic mass is 79.9. The molecular formula is C17H12BrClN2O3. The Labute approximate surface area is 152 Å². The number of rotatable bonds is 3. The Balaban J connectivity index is 1.97. The van der Waals surface area contributed by atoms with Crippen molar-refractivity contribution in [1.29, 1.82) is 0 Å². The Kier molecular flexibility index (Phi) is 4.59. The van der Waals surface area contributed by atoms with Crippen LogP contribution >= 0.6 is 27.5 Å². The lowest BCUT2D eigenvalue weighted by Crippen LogP contribution is -2.35. The first-order valence-electron chi connectivity index (χ1n) is 6.96. The van der Waals surface area contributed by atoms with Crippen LogP contribution in [0.4, 0.5) is 5.69 Å². The maximum Gasteiger partial charge on any atom is 0.282 e. The minimum Gasteiger partial charge on any atom is -0.496 e. The van der Waals surface area contributed by atoms with Gasteiger partial charge in [0.1, 0.15) is 11.3 Å². The van der Waals surface area contributed by atoms with E-state index < -0.39 is 11.8 Å². The number of hydrogen-bond acceptors (Lipinski definition) is 3. The van der Waals surface area contributed by atoms with E-state index in [0.29, 0.717) is 22.0 Å². The molecule has 5 nitrogen and oxygen atoms in total. The minimum absolute atomic E-state index is 0.0125. The average molecular weight is 408 g/mol. The third-order valence-corrected chi connectivity index (χ3v) is 4.23. The van der Waals surface area contributed by atoms with Gasteiger partial charge in [-0.3, -0.25) is 15.0 Å². The van der Waals surface area contributed by atoms with Crippen LogP contribution in [0.5, 0.6) is 5.75 Å². The molecule has 0 atom stereocenters. The highest BCUT2D eigenvalue weighted by molar-refractivity contribution is 9.10. The number of carbonyl (C=O) groups is 2. The molecule has 3 rings (SSSR count). The van der Waals surface area contributed by atoms with Gasteiger partial charge in [-0.1, -0.05) is 27.5 Å². The molecule has 0 radical (unpaired) electrons. The zero-order valence-corrected chi connectivity index (χ0v) is 14.9. The minimum atomic E-state index is -0.482. The van der Waals surface area contributed by atoms with Gasteiger partial charge in [0.05, 0.1) is 12.8 Å². The Bertz CT molecular complexity index is 849. The molecule has 2 aromatic rings. The quantitative estimate of drug-likeness (QED) is 0.625. The molecule has 0 aromatic heterocycles. The van der Waals surface area contributed by atoms with E-state index in [9.17, 15) is 9.59 Å². The van der Waals surface area contributed by atoms with Crippen molar-refractivity contribution in [2.24, 2.45) is 0 Å². The summed E-state index contributed by atoms with van der Waals surface area (Å²) < 4.78 is 6.12. The number of halogens is 2. The van der Waals surface area contributed by atoms with Crippen LogP contribution in [0.3, 0.4) is 0 Å². The van der Waals surface area contributed by atoms with Crippen molar-refractivity contribution in [1.82, 2.24) is 5.43 Å². The number of nitrogens with one attached hydrogen (secondary N) is 1. The van der Waals surface area contributed by atoms with Crippen LogP contribution in [-0.4, -0.2) is 18.9 Å². The summed E-state index contributed by atoms with van der Waals surface area (Å²) in [5.74, 6) is -0.399. The average Bonchev–Trinajstić information content (AvgIpc) is 2.84. The first kappa shape index (κ1) is 16.5. The van der Waals surface area contributed by atoms with E-state index in [0.717, 1.165) is 4.47 Å². The fraction of sp³-hybridized carbons (Fsp3) is 0.0588. The summed E-state index contributed by atoms with van der Waals surface area (Å²) in [6, 6.07) is 12.0. The van der Waals surface area contributed by atoms with Gasteiger partial charge in [-0.15, -0.1) is 0 Å². The summed E-state index contributed by atoms with van der Waals surface area (Å²) in [4.78, 5) is 24.8. The molecule has 0 saturated carbocycles. The molecular weight excluding hydrogens is 396 g/mol. The third kappa shape index (κ3) is 3.16. The number of ether oxygens (including phenoxy) is 1. The Morgan fingerprint density at radius 2 is 1.88 bits per heavy atom. The van der Waals surface area contributed by atoms with Crippen molar-refractivity contribution in [2.75, 3.05) is 12.1 Å². The van der Waals surface area contributed by atoms with E-state index in [2.05, 4.69) is 21.4 Å². The van der Waals surface area contributed by atoms with Crippen LogP contribution in [0.25, 0.3) is 6.08 Å². The fourth-order valence-electron chi connectivity index (χ4n) is 2.30. The molecule has 1 heterocycles. The van der Waals surface area contributed by atoms with Crippen LogP contribution in [0.2, 0.25) is 5.02 Å². The van der Waals surface area contributed by atoms with Crippen molar-refractivity contribution in [3.63, 3.8) is 0 Å². The molecule has 1 saturated heterocycles. The lowest BCUT2D eigenvalue weighted by Gasteiger charge is -2.14. The molecule has 2 aromatic carbocycles. The first-order valence-corrected chi connectivity index (χ1v) is 8.13. The highest BCUT2D eigenvalue weighted by Gasteiger charge is 2.34. The normalized spacial score (nSPS) is 15.8. The predicted octanol–water partition coefficient (Wildman–Crippen LogP) is 3.57. The second kappa shape index (κ2) is 6.67. The lowest BCUT2D eigenvalue weighted by molar-refractivity contribution is -0.117. The molecule has 122 valence electrons. The van der Waals surface area contributed by atoms with Gasteiger partial charge >= 0.3 is 0 Å². The summed E-state index contributed by atoms with van der Waals surface area (Å²) in [6.07, 6.45) is 1.47. The second-order valence-corrected chi connectivity index (χ2v) is 6.35. The molecule has 0 aliphatic carbocycles. The van der Waals surface area contributed by atoms with Gasteiger partial charge in [-0.05, 0) is 48.5 Å². The van der Waals surface area contributed by atoms with Gasteiger partial charge in [0.25, 0.3) is 11.8 Å². The van der Waals surface area contributed by atoms with Gasteiger partial charge in [0.15, 0.2) is 0 Å². The van der Waals surface area contributed by atoms with E-state index in [4.69, 9.17) is 16.3 Å². The Morgan fingerprint density at radius 1 is 1.17 bits per heavy atom. The first-order chi connectivity index (χ1) is 11.5. The van der Waals surface area contributed by atoms with Crippen molar-refractivity contribution in [3.05, 3.63) is 63.1 Å². The van der Waals surface area contributed by atoms with E-state index >= 15 is 0 Å². The van der Waals surface area contributed by atoms with Crippen molar-refractivity contribution in [2.45, 2.75) is 0 Å². The van der Waals surface area contributed by atoms with E-state index in [1.165, 1.54) is 18.2 Å².